The lowest BCUT2D eigenvalue weighted by Gasteiger charge is -2.08. The highest BCUT2D eigenvalue weighted by Gasteiger charge is 2.11. The molecule has 2 aromatic heterocycles. The second-order valence-electron chi connectivity index (χ2n) is 4.03. The van der Waals surface area contributed by atoms with Gasteiger partial charge in [0, 0.05) is 30.2 Å². The van der Waals surface area contributed by atoms with Crippen LogP contribution in [-0.4, -0.2) is 28.6 Å². The van der Waals surface area contributed by atoms with E-state index in [9.17, 15) is 0 Å². The second-order valence-corrected chi connectivity index (χ2v) is 4.03. The minimum Gasteiger partial charge on any atom is -0.497 e. The summed E-state index contributed by atoms with van der Waals surface area (Å²) in [4.78, 5) is 8.58. The largest absolute Gasteiger partial charge is 0.497 e. The van der Waals surface area contributed by atoms with Gasteiger partial charge in [0.1, 0.15) is 11.5 Å². The summed E-state index contributed by atoms with van der Waals surface area (Å²) in [5.41, 5.74) is 2.56. The molecule has 0 radical (unpaired) electrons. The van der Waals surface area contributed by atoms with Gasteiger partial charge in [-0.25, -0.2) is 4.98 Å². The molecule has 1 aromatic carbocycles. The molecule has 5 heteroatoms. The van der Waals surface area contributed by atoms with Gasteiger partial charge in [0.2, 0.25) is 0 Å². The molecular formula is C14H13N3O2. The number of methoxy groups -OCH3 is 2. The van der Waals surface area contributed by atoms with Crippen molar-refractivity contribution in [3.05, 3.63) is 43.0 Å². The van der Waals surface area contributed by atoms with Gasteiger partial charge in [-0.3, -0.25) is 4.98 Å². The number of ether oxygens (including phenoxy) is 2. The fraction of sp³-hybridized carbons (Fsp3) is 0.143. The lowest BCUT2D eigenvalue weighted by atomic mass is 10.1. The molecule has 2 heterocycles. The van der Waals surface area contributed by atoms with Crippen molar-refractivity contribution in [3.8, 4) is 22.8 Å². The van der Waals surface area contributed by atoms with E-state index >= 15 is 0 Å². The summed E-state index contributed by atoms with van der Waals surface area (Å²) in [6.45, 7) is 0. The molecule has 3 aromatic rings. The van der Waals surface area contributed by atoms with Crippen molar-refractivity contribution in [1.29, 1.82) is 0 Å². The van der Waals surface area contributed by atoms with Crippen molar-refractivity contribution >= 4 is 5.65 Å². The Hall–Kier alpha value is -2.56. The van der Waals surface area contributed by atoms with Crippen LogP contribution in [0.3, 0.4) is 0 Å². The molecule has 0 aliphatic carbocycles. The molecule has 0 N–H and O–H groups in total. The number of nitrogens with zero attached hydrogens (tertiary/aromatic N) is 3. The van der Waals surface area contributed by atoms with Crippen LogP contribution in [0.5, 0.6) is 11.5 Å². The standard InChI is InChI=1S/C14H13N3O2/c1-18-10-3-4-11(13(7-10)19-2)12-9-17-6-5-15-8-14(17)16-12/h3-9H,1-2H3. The maximum absolute atomic E-state index is 5.39. The van der Waals surface area contributed by atoms with Gasteiger partial charge in [-0.1, -0.05) is 0 Å². The minimum absolute atomic E-state index is 0.732. The van der Waals surface area contributed by atoms with Crippen LogP contribution in [-0.2, 0) is 0 Å². The lowest BCUT2D eigenvalue weighted by molar-refractivity contribution is 0.395. The van der Waals surface area contributed by atoms with Gasteiger partial charge >= 0.3 is 0 Å². The molecule has 19 heavy (non-hydrogen) atoms. The molecule has 3 rings (SSSR count). The number of hydrogen-bond donors (Lipinski definition) is 0. The number of hydrogen-bond acceptors (Lipinski definition) is 4. The topological polar surface area (TPSA) is 48.7 Å². The fourth-order valence-corrected chi connectivity index (χ4v) is 1.98. The third kappa shape index (κ3) is 1.99. The first-order valence-electron chi connectivity index (χ1n) is 5.83. The molecule has 0 spiro atoms. The number of benzene rings is 1. The molecule has 96 valence electrons. The van der Waals surface area contributed by atoms with Crippen molar-refractivity contribution in [2.24, 2.45) is 0 Å². The summed E-state index contributed by atoms with van der Waals surface area (Å²) in [5.74, 6) is 1.49. The molecule has 0 fully saturated rings. The first-order valence-corrected chi connectivity index (χ1v) is 5.83. The third-order valence-corrected chi connectivity index (χ3v) is 2.95. The summed E-state index contributed by atoms with van der Waals surface area (Å²) in [6, 6.07) is 5.67. The van der Waals surface area contributed by atoms with E-state index in [0.717, 1.165) is 28.4 Å². The third-order valence-electron chi connectivity index (χ3n) is 2.95. The molecule has 0 unspecified atom stereocenters. The van der Waals surface area contributed by atoms with E-state index in [4.69, 9.17) is 9.47 Å². The Kier molecular flexibility index (Phi) is 2.79. The average molecular weight is 255 g/mol. The smallest absolute Gasteiger partial charge is 0.155 e. The average Bonchev–Trinajstić information content (AvgIpc) is 2.90. The summed E-state index contributed by atoms with van der Waals surface area (Å²) in [5, 5.41) is 0. The Balaban J connectivity index is 2.15. The maximum atomic E-state index is 5.39. The Morgan fingerprint density at radius 1 is 1.16 bits per heavy atom. The number of fused-ring (bicyclic) bond motifs is 1. The Morgan fingerprint density at radius 3 is 2.79 bits per heavy atom. The van der Waals surface area contributed by atoms with Crippen LogP contribution in [0.1, 0.15) is 0 Å². The monoisotopic (exact) mass is 255 g/mol. The number of imidazole rings is 1. The minimum atomic E-state index is 0.732. The van der Waals surface area contributed by atoms with Gasteiger partial charge in [0.05, 0.1) is 26.1 Å². The van der Waals surface area contributed by atoms with Crippen molar-refractivity contribution in [2.75, 3.05) is 14.2 Å². The van der Waals surface area contributed by atoms with E-state index in [-0.39, 0.29) is 0 Å². The first-order chi connectivity index (χ1) is 9.31. The van der Waals surface area contributed by atoms with Crippen molar-refractivity contribution in [2.45, 2.75) is 0 Å². The van der Waals surface area contributed by atoms with Crippen LogP contribution in [0, 0.1) is 0 Å². The zero-order chi connectivity index (χ0) is 13.2. The van der Waals surface area contributed by atoms with Crippen LogP contribution in [0.25, 0.3) is 16.9 Å². The molecular weight excluding hydrogens is 242 g/mol. The predicted octanol–water partition coefficient (Wildman–Crippen LogP) is 2.41. The number of rotatable bonds is 3. The Bertz CT molecular complexity index is 689. The lowest BCUT2D eigenvalue weighted by Crippen LogP contribution is -1.90. The fourth-order valence-electron chi connectivity index (χ4n) is 1.98. The molecule has 0 amide bonds. The maximum Gasteiger partial charge on any atom is 0.155 e. The van der Waals surface area contributed by atoms with Gasteiger partial charge in [0.15, 0.2) is 5.65 Å². The summed E-state index contributed by atoms with van der Waals surface area (Å²) >= 11 is 0. The zero-order valence-electron chi connectivity index (χ0n) is 10.7. The molecule has 0 atom stereocenters. The molecule has 0 saturated carbocycles. The zero-order valence-corrected chi connectivity index (χ0v) is 10.7. The highest BCUT2D eigenvalue weighted by Crippen LogP contribution is 2.32. The van der Waals surface area contributed by atoms with Crippen LogP contribution in [0.2, 0.25) is 0 Å². The van der Waals surface area contributed by atoms with E-state index in [1.807, 2.05) is 35.0 Å². The van der Waals surface area contributed by atoms with Crippen LogP contribution < -0.4 is 9.47 Å². The normalized spacial score (nSPS) is 10.6. The molecule has 5 nitrogen and oxygen atoms in total. The van der Waals surface area contributed by atoms with Crippen molar-refractivity contribution in [3.63, 3.8) is 0 Å². The van der Waals surface area contributed by atoms with Crippen LogP contribution in [0.15, 0.2) is 43.0 Å². The summed E-state index contributed by atoms with van der Waals surface area (Å²) in [7, 11) is 3.26. The highest BCUT2D eigenvalue weighted by molar-refractivity contribution is 5.70. The van der Waals surface area contributed by atoms with Crippen LogP contribution in [0.4, 0.5) is 0 Å². The van der Waals surface area contributed by atoms with E-state index in [2.05, 4.69) is 9.97 Å². The van der Waals surface area contributed by atoms with Crippen molar-refractivity contribution < 1.29 is 9.47 Å². The Labute approximate surface area is 110 Å². The summed E-state index contributed by atoms with van der Waals surface area (Å²) < 4.78 is 12.5. The van der Waals surface area contributed by atoms with E-state index in [0.29, 0.717) is 0 Å². The van der Waals surface area contributed by atoms with E-state index in [1.165, 1.54) is 0 Å². The van der Waals surface area contributed by atoms with E-state index < -0.39 is 0 Å². The van der Waals surface area contributed by atoms with Gasteiger partial charge in [-0.15, -0.1) is 0 Å². The molecule has 0 saturated heterocycles. The van der Waals surface area contributed by atoms with Gasteiger partial charge in [-0.2, -0.15) is 0 Å². The quantitative estimate of drug-likeness (QED) is 0.721. The first kappa shape index (κ1) is 11.5. The van der Waals surface area contributed by atoms with Crippen molar-refractivity contribution in [1.82, 2.24) is 14.4 Å². The summed E-state index contributed by atoms with van der Waals surface area (Å²) in [6.07, 6.45) is 7.26. The number of aromatic nitrogens is 3. The molecule has 0 aliphatic rings. The Morgan fingerprint density at radius 2 is 2.05 bits per heavy atom. The molecule has 0 aliphatic heterocycles. The van der Waals surface area contributed by atoms with Crippen LogP contribution >= 0.6 is 0 Å². The second kappa shape index (κ2) is 4.61. The highest BCUT2D eigenvalue weighted by atomic mass is 16.5. The van der Waals surface area contributed by atoms with Gasteiger partial charge < -0.3 is 13.9 Å². The van der Waals surface area contributed by atoms with E-state index in [1.54, 1.807) is 26.6 Å². The predicted molar refractivity (Wildman–Crippen MR) is 71.5 cm³/mol. The van der Waals surface area contributed by atoms with Gasteiger partial charge in [0.25, 0.3) is 0 Å². The molecule has 0 bridgehead atoms. The SMILES string of the molecule is COc1ccc(-c2cn3ccncc3n2)c(OC)c1. The van der Waals surface area contributed by atoms with Gasteiger partial charge in [-0.05, 0) is 12.1 Å².